The second-order valence-electron chi connectivity index (χ2n) is 2.38. The van der Waals surface area contributed by atoms with Gasteiger partial charge < -0.3 is 20.5 Å². The first-order valence-electron chi connectivity index (χ1n) is 3.31. The summed E-state index contributed by atoms with van der Waals surface area (Å²) in [5.41, 5.74) is 5.16. The van der Waals surface area contributed by atoms with Gasteiger partial charge in [0.25, 0.3) is 0 Å². The molecule has 0 aliphatic carbocycles. The number of hydrogen-bond donors (Lipinski definition) is 2. The number of nitrogens with zero attached hydrogens (tertiary/aromatic N) is 1. The van der Waals surface area contributed by atoms with Crippen LogP contribution < -0.4 is 5.73 Å². The quantitative estimate of drug-likeness (QED) is 0.483. The molecular formula is C6H16N2O2. The maximum absolute atomic E-state index is 9.03. The molecule has 0 aliphatic heterocycles. The second-order valence-corrected chi connectivity index (χ2v) is 2.38. The molecule has 0 radical (unpaired) electrons. The molecule has 0 aromatic heterocycles. The van der Waals surface area contributed by atoms with Gasteiger partial charge in [0.05, 0.1) is 6.61 Å². The largest absolute Gasteiger partial charge is 0.367 e. The van der Waals surface area contributed by atoms with Crippen LogP contribution in [0.1, 0.15) is 0 Å². The third-order valence-electron chi connectivity index (χ3n) is 0.949. The lowest BCUT2D eigenvalue weighted by molar-refractivity contribution is -0.105. The average Bonchev–Trinajstić information content (AvgIpc) is 1.82. The van der Waals surface area contributed by atoms with E-state index >= 15 is 0 Å². The number of ether oxygens (including phenoxy) is 1. The molecule has 0 aromatic rings. The molecule has 0 heterocycles. The Hall–Kier alpha value is -0.160. The van der Waals surface area contributed by atoms with Gasteiger partial charge in [-0.2, -0.15) is 0 Å². The summed E-state index contributed by atoms with van der Waals surface area (Å²) < 4.78 is 4.89. The molecule has 1 unspecified atom stereocenters. The highest BCUT2D eigenvalue weighted by molar-refractivity contribution is 4.46. The van der Waals surface area contributed by atoms with Crippen molar-refractivity contribution in [3.05, 3.63) is 0 Å². The molecule has 0 rings (SSSR count). The third kappa shape index (κ3) is 5.97. The fourth-order valence-corrected chi connectivity index (χ4v) is 0.569. The molecule has 0 fully saturated rings. The van der Waals surface area contributed by atoms with Gasteiger partial charge in [-0.1, -0.05) is 0 Å². The highest BCUT2D eigenvalue weighted by atomic mass is 16.6. The van der Waals surface area contributed by atoms with E-state index in [1.54, 1.807) is 0 Å². The zero-order valence-electron chi connectivity index (χ0n) is 6.58. The summed E-state index contributed by atoms with van der Waals surface area (Å²) in [7, 11) is 3.74. The normalized spacial score (nSPS) is 14.1. The molecule has 0 bridgehead atoms. The minimum absolute atomic E-state index is 0.412. The number of likely N-dealkylation sites (N-methyl/N-ethyl adjacent to an activating group) is 1. The predicted molar refractivity (Wildman–Crippen MR) is 39.6 cm³/mol. The van der Waals surface area contributed by atoms with Crippen LogP contribution in [-0.4, -0.2) is 50.1 Å². The molecule has 62 valence electrons. The van der Waals surface area contributed by atoms with Crippen molar-refractivity contribution in [1.29, 1.82) is 0 Å². The zero-order valence-corrected chi connectivity index (χ0v) is 6.58. The number of nitrogens with two attached hydrogens (primary N) is 1. The lowest BCUT2D eigenvalue weighted by atomic mass is 10.5. The fraction of sp³-hybridized carbons (Fsp3) is 1.00. The smallest absolute Gasteiger partial charge is 0.167 e. The van der Waals surface area contributed by atoms with Crippen LogP contribution in [0.4, 0.5) is 0 Å². The molecule has 0 aromatic carbocycles. The van der Waals surface area contributed by atoms with Crippen molar-refractivity contribution in [2.75, 3.05) is 33.8 Å². The van der Waals surface area contributed by atoms with E-state index in [-0.39, 0.29) is 0 Å². The van der Waals surface area contributed by atoms with Crippen molar-refractivity contribution in [1.82, 2.24) is 4.90 Å². The molecule has 0 saturated carbocycles. The molecule has 4 heteroatoms. The van der Waals surface area contributed by atoms with E-state index in [4.69, 9.17) is 15.6 Å². The van der Waals surface area contributed by atoms with Gasteiger partial charge in [-0.3, -0.25) is 0 Å². The first-order valence-corrected chi connectivity index (χ1v) is 3.31. The Bertz CT molecular complexity index is 78.1. The van der Waals surface area contributed by atoms with E-state index in [1.165, 1.54) is 0 Å². The molecular weight excluding hydrogens is 132 g/mol. The molecule has 0 saturated heterocycles. The minimum atomic E-state index is -0.710. The van der Waals surface area contributed by atoms with Crippen LogP contribution in [0.5, 0.6) is 0 Å². The minimum Gasteiger partial charge on any atom is -0.367 e. The summed E-state index contributed by atoms with van der Waals surface area (Å²) in [5, 5.41) is 9.03. The van der Waals surface area contributed by atoms with Gasteiger partial charge in [0.15, 0.2) is 6.29 Å². The van der Waals surface area contributed by atoms with Crippen molar-refractivity contribution in [3.63, 3.8) is 0 Å². The molecule has 4 nitrogen and oxygen atoms in total. The topological polar surface area (TPSA) is 58.7 Å². The van der Waals surface area contributed by atoms with Crippen LogP contribution in [-0.2, 0) is 4.74 Å². The zero-order chi connectivity index (χ0) is 7.98. The maximum Gasteiger partial charge on any atom is 0.167 e. The maximum atomic E-state index is 9.03. The number of hydrogen-bond acceptors (Lipinski definition) is 4. The summed E-state index contributed by atoms with van der Waals surface area (Å²) in [5.74, 6) is 0. The lowest BCUT2D eigenvalue weighted by Crippen LogP contribution is -2.29. The summed E-state index contributed by atoms with van der Waals surface area (Å²) >= 11 is 0. The highest BCUT2D eigenvalue weighted by Crippen LogP contribution is 1.87. The number of rotatable bonds is 5. The SMILES string of the molecule is CN(C)CC(O)OCCN. The van der Waals surface area contributed by atoms with Gasteiger partial charge in [0, 0.05) is 13.1 Å². The van der Waals surface area contributed by atoms with Crippen LogP contribution in [0, 0.1) is 0 Å². The van der Waals surface area contributed by atoms with Crippen LogP contribution >= 0.6 is 0 Å². The summed E-state index contributed by atoms with van der Waals surface area (Å²) in [6.07, 6.45) is -0.710. The van der Waals surface area contributed by atoms with E-state index in [0.29, 0.717) is 19.7 Å². The second kappa shape index (κ2) is 5.61. The van der Waals surface area contributed by atoms with E-state index < -0.39 is 6.29 Å². The van der Waals surface area contributed by atoms with Gasteiger partial charge in [0.1, 0.15) is 0 Å². The van der Waals surface area contributed by atoms with Crippen molar-refractivity contribution in [2.24, 2.45) is 5.73 Å². The Kier molecular flexibility index (Phi) is 5.52. The lowest BCUT2D eigenvalue weighted by Gasteiger charge is -2.15. The fourth-order valence-electron chi connectivity index (χ4n) is 0.569. The summed E-state index contributed by atoms with van der Waals surface area (Å²) in [6.45, 7) is 1.37. The number of aliphatic hydroxyl groups excluding tert-OH is 1. The van der Waals surface area contributed by atoms with Gasteiger partial charge in [0.2, 0.25) is 0 Å². The predicted octanol–water partition coefficient (Wildman–Crippen LogP) is -1.16. The third-order valence-corrected chi connectivity index (χ3v) is 0.949. The van der Waals surface area contributed by atoms with E-state index in [0.717, 1.165) is 0 Å². The molecule has 0 spiro atoms. The van der Waals surface area contributed by atoms with E-state index in [9.17, 15) is 0 Å². The van der Waals surface area contributed by atoms with Gasteiger partial charge >= 0.3 is 0 Å². The van der Waals surface area contributed by atoms with Gasteiger partial charge in [-0.05, 0) is 14.1 Å². The van der Waals surface area contributed by atoms with Crippen LogP contribution in [0.3, 0.4) is 0 Å². The molecule has 3 N–H and O–H groups in total. The molecule has 1 atom stereocenters. The number of aliphatic hydroxyl groups is 1. The Morgan fingerprint density at radius 2 is 2.20 bits per heavy atom. The van der Waals surface area contributed by atoms with Crippen molar-refractivity contribution >= 4 is 0 Å². The Morgan fingerprint density at radius 1 is 1.60 bits per heavy atom. The van der Waals surface area contributed by atoms with Crippen molar-refractivity contribution < 1.29 is 9.84 Å². The van der Waals surface area contributed by atoms with Crippen LogP contribution in [0.15, 0.2) is 0 Å². The molecule has 10 heavy (non-hydrogen) atoms. The first kappa shape index (κ1) is 9.84. The Morgan fingerprint density at radius 3 is 2.60 bits per heavy atom. The average molecular weight is 148 g/mol. The van der Waals surface area contributed by atoms with E-state index in [1.807, 2.05) is 19.0 Å². The highest BCUT2D eigenvalue weighted by Gasteiger charge is 2.03. The van der Waals surface area contributed by atoms with Crippen LogP contribution in [0.25, 0.3) is 0 Å². The van der Waals surface area contributed by atoms with Gasteiger partial charge in [-0.25, -0.2) is 0 Å². The first-order chi connectivity index (χ1) is 4.66. The van der Waals surface area contributed by atoms with Crippen molar-refractivity contribution in [3.8, 4) is 0 Å². The van der Waals surface area contributed by atoms with Crippen molar-refractivity contribution in [2.45, 2.75) is 6.29 Å². The summed E-state index contributed by atoms with van der Waals surface area (Å²) in [6, 6.07) is 0. The molecule has 0 aliphatic rings. The Labute approximate surface area is 61.6 Å². The molecule has 0 amide bonds. The Balaban J connectivity index is 3.16. The van der Waals surface area contributed by atoms with Crippen LogP contribution in [0.2, 0.25) is 0 Å². The summed E-state index contributed by atoms with van der Waals surface area (Å²) in [4.78, 5) is 1.85. The monoisotopic (exact) mass is 148 g/mol. The standard InChI is InChI=1S/C6H16N2O2/c1-8(2)5-6(9)10-4-3-7/h6,9H,3-5,7H2,1-2H3. The van der Waals surface area contributed by atoms with E-state index in [2.05, 4.69) is 0 Å². The van der Waals surface area contributed by atoms with Gasteiger partial charge in [-0.15, -0.1) is 0 Å².